The Labute approximate surface area is 128 Å². The summed E-state index contributed by atoms with van der Waals surface area (Å²) in [5.41, 5.74) is 1.82. The molecule has 2 N–H and O–H groups in total. The average molecular weight is 301 g/mol. The van der Waals surface area contributed by atoms with E-state index < -0.39 is 12.0 Å². The predicted molar refractivity (Wildman–Crippen MR) is 83.1 cm³/mol. The number of anilines is 1. The number of amides is 1. The predicted octanol–water partition coefficient (Wildman–Crippen LogP) is 2.90. The molecule has 6 heteroatoms. The van der Waals surface area contributed by atoms with Gasteiger partial charge >= 0.3 is 5.97 Å². The van der Waals surface area contributed by atoms with Crippen molar-refractivity contribution in [3.05, 3.63) is 47.8 Å². The lowest BCUT2D eigenvalue weighted by atomic mass is 10.0. The van der Waals surface area contributed by atoms with Crippen LogP contribution in [0.4, 0.5) is 5.69 Å². The molecule has 1 amide bonds. The number of carbonyl (C=O) groups is 2. The number of nitrogens with zero attached hydrogens (tertiary/aromatic N) is 2. The second kappa shape index (κ2) is 6.43. The summed E-state index contributed by atoms with van der Waals surface area (Å²) in [7, 11) is 0. The van der Waals surface area contributed by atoms with E-state index >= 15 is 0 Å². The van der Waals surface area contributed by atoms with Gasteiger partial charge < -0.3 is 10.4 Å². The van der Waals surface area contributed by atoms with Crippen LogP contribution in [0.1, 0.15) is 48.8 Å². The molecule has 1 aromatic heterocycles. The normalized spacial score (nSPS) is 12.2. The van der Waals surface area contributed by atoms with Crippen LogP contribution in [0.2, 0.25) is 0 Å². The van der Waals surface area contributed by atoms with Gasteiger partial charge in [-0.15, -0.1) is 0 Å². The monoisotopic (exact) mass is 301 g/mol. The molecule has 0 radical (unpaired) electrons. The van der Waals surface area contributed by atoms with Gasteiger partial charge in [-0.1, -0.05) is 26.0 Å². The van der Waals surface area contributed by atoms with Crippen LogP contribution < -0.4 is 5.32 Å². The van der Waals surface area contributed by atoms with Crippen LogP contribution in [0.15, 0.2) is 36.5 Å². The summed E-state index contributed by atoms with van der Waals surface area (Å²) < 4.78 is 1.33. The molecule has 22 heavy (non-hydrogen) atoms. The van der Waals surface area contributed by atoms with Crippen LogP contribution in [0, 0.1) is 0 Å². The van der Waals surface area contributed by atoms with Gasteiger partial charge in [-0.2, -0.15) is 5.10 Å². The molecule has 0 saturated carbocycles. The number of benzene rings is 1. The topological polar surface area (TPSA) is 84.2 Å². The van der Waals surface area contributed by atoms with Crippen molar-refractivity contribution < 1.29 is 14.7 Å². The van der Waals surface area contributed by atoms with Crippen LogP contribution in [0.5, 0.6) is 0 Å². The van der Waals surface area contributed by atoms with Crippen molar-refractivity contribution in [2.75, 3.05) is 5.32 Å². The van der Waals surface area contributed by atoms with Gasteiger partial charge in [0.2, 0.25) is 5.91 Å². The molecule has 1 aromatic carbocycles. The third-order valence-corrected chi connectivity index (χ3v) is 3.45. The number of carboxylic acids is 1. The number of carboxylic acid groups (broad SMARTS) is 1. The van der Waals surface area contributed by atoms with Crippen molar-refractivity contribution in [2.45, 2.75) is 32.7 Å². The average Bonchev–Trinajstić information content (AvgIpc) is 2.97. The highest BCUT2D eigenvalue weighted by Gasteiger charge is 2.17. The number of rotatable bonds is 5. The van der Waals surface area contributed by atoms with Crippen LogP contribution in [-0.2, 0) is 4.79 Å². The van der Waals surface area contributed by atoms with Crippen molar-refractivity contribution in [3.8, 4) is 0 Å². The van der Waals surface area contributed by atoms with E-state index in [0.29, 0.717) is 11.6 Å². The Morgan fingerprint density at radius 3 is 2.27 bits per heavy atom. The number of nitrogens with one attached hydrogen (secondary N) is 1. The van der Waals surface area contributed by atoms with Gasteiger partial charge in [0.25, 0.3) is 0 Å². The number of aromatic nitrogens is 2. The molecule has 1 atom stereocenters. The highest BCUT2D eigenvalue weighted by atomic mass is 16.4. The van der Waals surface area contributed by atoms with Gasteiger partial charge in [0.15, 0.2) is 5.69 Å². The molecule has 1 unspecified atom stereocenters. The van der Waals surface area contributed by atoms with E-state index in [0.717, 1.165) is 0 Å². The molecule has 0 bridgehead atoms. The molecule has 2 rings (SSSR count). The number of aromatic carboxylic acids is 1. The van der Waals surface area contributed by atoms with Gasteiger partial charge in [0.05, 0.1) is 0 Å². The lowest BCUT2D eigenvalue weighted by Crippen LogP contribution is -2.24. The van der Waals surface area contributed by atoms with Crippen LogP contribution in [0.25, 0.3) is 0 Å². The maximum Gasteiger partial charge on any atom is 0.356 e. The van der Waals surface area contributed by atoms with Gasteiger partial charge in [-0.05, 0) is 36.6 Å². The maximum atomic E-state index is 12.2. The Balaban J connectivity index is 2.05. The zero-order valence-corrected chi connectivity index (χ0v) is 12.8. The van der Waals surface area contributed by atoms with Crippen molar-refractivity contribution in [1.29, 1.82) is 0 Å². The lowest BCUT2D eigenvalue weighted by Gasteiger charge is -2.13. The number of hydrogen-bond acceptors (Lipinski definition) is 3. The first kappa shape index (κ1) is 15.8. The highest BCUT2D eigenvalue weighted by Crippen LogP contribution is 2.18. The summed E-state index contributed by atoms with van der Waals surface area (Å²) in [6.07, 6.45) is 1.48. The number of carbonyl (C=O) groups excluding carboxylic acids is 1. The molecule has 0 saturated heterocycles. The second-order valence-electron chi connectivity index (χ2n) is 5.43. The third kappa shape index (κ3) is 3.52. The van der Waals surface area contributed by atoms with E-state index in [1.165, 1.54) is 22.5 Å². The highest BCUT2D eigenvalue weighted by molar-refractivity contribution is 5.93. The zero-order chi connectivity index (χ0) is 16.3. The Morgan fingerprint density at radius 1 is 1.14 bits per heavy atom. The minimum absolute atomic E-state index is 0.0825. The Bertz CT molecular complexity index is 674. The molecule has 0 aliphatic rings. The first-order chi connectivity index (χ1) is 10.4. The van der Waals surface area contributed by atoms with Gasteiger partial charge in [-0.25, -0.2) is 4.79 Å². The zero-order valence-electron chi connectivity index (χ0n) is 12.8. The summed E-state index contributed by atoms with van der Waals surface area (Å²) >= 11 is 0. The van der Waals surface area contributed by atoms with E-state index in [1.807, 2.05) is 24.3 Å². The van der Waals surface area contributed by atoms with E-state index in [-0.39, 0.29) is 11.6 Å². The van der Waals surface area contributed by atoms with Gasteiger partial charge in [-0.3, -0.25) is 9.48 Å². The fourth-order valence-corrected chi connectivity index (χ4v) is 1.99. The molecule has 116 valence electrons. The Morgan fingerprint density at radius 2 is 1.77 bits per heavy atom. The van der Waals surface area contributed by atoms with E-state index in [9.17, 15) is 9.59 Å². The number of hydrogen-bond donors (Lipinski definition) is 2. The molecule has 1 heterocycles. The summed E-state index contributed by atoms with van der Waals surface area (Å²) in [6, 6.07) is 8.42. The molecule has 0 spiro atoms. The van der Waals surface area contributed by atoms with Crippen molar-refractivity contribution >= 4 is 17.6 Å². The summed E-state index contributed by atoms with van der Waals surface area (Å²) in [6.45, 7) is 5.87. The first-order valence-electron chi connectivity index (χ1n) is 7.07. The second-order valence-corrected chi connectivity index (χ2v) is 5.43. The molecule has 0 aliphatic heterocycles. The fourth-order valence-electron chi connectivity index (χ4n) is 1.99. The summed E-state index contributed by atoms with van der Waals surface area (Å²) in [5, 5.41) is 15.5. The van der Waals surface area contributed by atoms with Gasteiger partial charge in [0.1, 0.15) is 6.04 Å². The van der Waals surface area contributed by atoms with Crippen molar-refractivity contribution in [2.24, 2.45) is 0 Å². The maximum absolute atomic E-state index is 12.2. The molecule has 6 nitrogen and oxygen atoms in total. The molecule has 0 fully saturated rings. The van der Waals surface area contributed by atoms with Crippen LogP contribution in [-0.4, -0.2) is 26.8 Å². The molecular weight excluding hydrogens is 282 g/mol. The first-order valence-corrected chi connectivity index (χ1v) is 7.07. The third-order valence-electron chi connectivity index (χ3n) is 3.45. The Hall–Kier alpha value is -2.63. The quantitative estimate of drug-likeness (QED) is 0.889. The minimum Gasteiger partial charge on any atom is -0.476 e. The van der Waals surface area contributed by atoms with E-state index in [4.69, 9.17) is 5.11 Å². The fraction of sp³-hybridized carbons (Fsp3) is 0.312. The van der Waals surface area contributed by atoms with E-state index in [1.54, 1.807) is 6.92 Å². The molecule has 0 aliphatic carbocycles. The standard InChI is InChI=1S/C16H19N3O3/c1-10(2)12-4-6-13(7-5-12)17-15(20)11(3)19-9-8-14(18-19)16(21)22/h4-11H,1-3H3,(H,17,20)(H,21,22). The lowest BCUT2D eigenvalue weighted by molar-refractivity contribution is -0.119. The van der Waals surface area contributed by atoms with Crippen molar-refractivity contribution in [1.82, 2.24) is 9.78 Å². The molecular formula is C16H19N3O3. The van der Waals surface area contributed by atoms with Crippen LogP contribution in [0.3, 0.4) is 0 Å². The van der Waals surface area contributed by atoms with Gasteiger partial charge in [0, 0.05) is 11.9 Å². The van der Waals surface area contributed by atoms with Crippen LogP contribution >= 0.6 is 0 Å². The summed E-state index contributed by atoms with van der Waals surface area (Å²) in [4.78, 5) is 23.0. The largest absolute Gasteiger partial charge is 0.476 e. The van der Waals surface area contributed by atoms with E-state index in [2.05, 4.69) is 24.3 Å². The SMILES string of the molecule is CC(C)c1ccc(NC(=O)C(C)n2ccc(C(=O)O)n2)cc1. The smallest absolute Gasteiger partial charge is 0.356 e. The van der Waals surface area contributed by atoms with Crippen molar-refractivity contribution in [3.63, 3.8) is 0 Å². The Kier molecular flexibility index (Phi) is 4.60. The molecule has 2 aromatic rings. The minimum atomic E-state index is -1.12. The summed E-state index contributed by atoms with van der Waals surface area (Å²) in [5.74, 6) is -0.935.